The first kappa shape index (κ1) is 14.6. The number of hydrogen-bond acceptors (Lipinski definition) is 7. The van der Waals surface area contributed by atoms with Crippen LogP contribution in [0.25, 0.3) is 0 Å². The van der Waals surface area contributed by atoms with Gasteiger partial charge in [0.1, 0.15) is 29.4 Å². The lowest BCUT2D eigenvalue weighted by molar-refractivity contribution is -0.0878. The summed E-state index contributed by atoms with van der Waals surface area (Å²) in [6, 6.07) is -0.534. The molecule has 2 aliphatic heterocycles. The molecule has 0 aromatic carbocycles. The van der Waals surface area contributed by atoms with Gasteiger partial charge >= 0.3 is 6.03 Å². The lowest BCUT2D eigenvalue weighted by atomic mass is 10.1. The van der Waals surface area contributed by atoms with Crippen LogP contribution in [0.2, 0.25) is 0 Å². The SMILES string of the molecule is COC1CN([C@@H]2O[C@H](CO)[C@@H](O)[C@H]2O)C(=O)NC1=S. The van der Waals surface area contributed by atoms with Gasteiger partial charge in [-0.05, 0) is 0 Å². The number of methoxy groups -OCH3 is 1. The Balaban J connectivity index is 2.13. The van der Waals surface area contributed by atoms with Gasteiger partial charge in [-0.25, -0.2) is 4.79 Å². The van der Waals surface area contributed by atoms with Crippen molar-refractivity contribution in [3.05, 3.63) is 0 Å². The Morgan fingerprint density at radius 1 is 1.53 bits per heavy atom. The van der Waals surface area contributed by atoms with Crippen molar-refractivity contribution in [1.29, 1.82) is 0 Å². The van der Waals surface area contributed by atoms with Gasteiger partial charge in [0.2, 0.25) is 0 Å². The summed E-state index contributed by atoms with van der Waals surface area (Å²) in [5, 5.41) is 31.0. The average Bonchev–Trinajstić information content (AvgIpc) is 2.67. The van der Waals surface area contributed by atoms with E-state index >= 15 is 0 Å². The molecule has 0 saturated carbocycles. The van der Waals surface area contributed by atoms with E-state index in [4.69, 9.17) is 26.8 Å². The van der Waals surface area contributed by atoms with Crippen LogP contribution in [0.15, 0.2) is 0 Å². The molecule has 0 bridgehead atoms. The Hall–Kier alpha value is -0.840. The Labute approximate surface area is 114 Å². The van der Waals surface area contributed by atoms with Crippen molar-refractivity contribution in [1.82, 2.24) is 10.2 Å². The number of ether oxygens (including phenoxy) is 2. The standard InChI is InChI=1S/C10H16N2O6S/c1-17-4-2-12(10(16)11-8(4)19)9-7(15)6(14)5(3-13)18-9/h4-7,9,13-15H,2-3H2,1H3,(H,11,16,19)/t4?,5-,6-,7-,9-/m1/s1. The second-order valence-corrected chi connectivity index (χ2v) is 4.84. The largest absolute Gasteiger partial charge is 0.394 e. The first-order valence-electron chi connectivity index (χ1n) is 5.76. The smallest absolute Gasteiger partial charge is 0.324 e. The molecule has 2 fully saturated rings. The summed E-state index contributed by atoms with van der Waals surface area (Å²) in [7, 11) is 1.45. The molecule has 0 aromatic rings. The van der Waals surface area contributed by atoms with E-state index < -0.39 is 43.3 Å². The minimum atomic E-state index is -1.30. The van der Waals surface area contributed by atoms with Gasteiger partial charge in [0, 0.05) is 7.11 Å². The number of carbonyl (C=O) groups excluding carboxylic acids is 1. The van der Waals surface area contributed by atoms with Crippen LogP contribution in [-0.2, 0) is 9.47 Å². The van der Waals surface area contributed by atoms with Crippen molar-refractivity contribution in [2.45, 2.75) is 30.6 Å². The first-order chi connectivity index (χ1) is 8.99. The van der Waals surface area contributed by atoms with Crippen molar-refractivity contribution >= 4 is 23.2 Å². The molecule has 2 amide bonds. The molecule has 8 nitrogen and oxygen atoms in total. The summed E-state index contributed by atoms with van der Waals surface area (Å²) in [4.78, 5) is 13.3. The molecule has 5 atom stereocenters. The Morgan fingerprint density at radius 2 is 2.21 bits per heavy atom. The number of amides is 2. The summed E-state index contributed by atoms with van der Waals surface area (Å²) in [6.45, 7) is -0.343. The maximum absolute atomic E-state index is 11.8. The summed E-state index contributed by atoms with van der Waals surface area (Å²) in [5.41, 5.74) is 0. The molecular weight excluding hydrogens is 276 g/mol. The van der Waals surface area contributed by atoms with Crippen molar-refractivity contribution in [3.63, 3.8) is 0 Å². The summed E-state index contributed by atoms with van der Waals surface area (Å²) >= 11 is 4.95. The fourth-order valence-electron chi connectivity index (χ4n) is 2.14. The molecular formula is C10H16N2O6S. The zero-order chi connectivity index (χ0) is 14.2. The molecule has 19 heavy (non-hydrogen) atoms. The van der Waals surface area contributed by atoms with Gasteiger partial charge in [-0.2, -0.15) is 0 Å². The van der Waals surface area contributed by atoms with Crippen LogP contribution in [0.1, 0.15) is 0 Å². The number of rotatable bonds is 3. The van der Waals surface area contributed by atoms with Crippen LogP contribution >= 0.6 is 12.2 Å². The highest BCUT2D eigenvalue weighted by atomic mass is 32.1. The quantitative estimate of drug-likeness (QED) is 0.437. The van der Waals surface area contributed by atoms with E-state index in [1.54, 1.807) is 0 Å². The van der Waals surface area contributed by atoms with Gasteiger partial charge < -0.3 is 24.8 Å². The molecule has 9 heteroatoms. The molecule has 2 saturated heterocycles. The van der Waals surface area contributed by atoms with E-state index in [1.165, 1.54) is 12.0 Å². The number of nitrogens with one attached hydrogen (secondary N) is 1. The highest BCUT2D eigenvalue weighted by Gasteiger charge is 2.48. The third kappa shape index (κ3) is 2.57. The number of hydrogen-bond donors (Lipinski definition) is 4. The molecule has 0 aromatic heterocycles. The molecule has 108 valence electrons. The average molecular weight is 292 g/mol. The fraction of sp³-hybridized carbons (Fsp3) is 0.800. The molecule has 2 aliphatic rings. The maximum Gasteiger partial charge on any atom is 0.324 e. The first-order valence-corrected chi connectivity index (χ1v) is 6.17. The summed E-state index contributed by atoms with van der Waals surface area (Å²) in [5.74, 6) is 0. The monoisotopic (exact) mass is 292 g/mol. The van der Waals surface area contributed by atoms with E-state index in [0.29, 0.717) is 0 Å². The number of thiocarbonyl (C=S) groups is 1. The molecule has 2 heterocycles. The number of aliphatic hydroxyl groups is 3. The van der Waals surface area contributed by atoms with Crippen LogP contribution in [0, 0.1) is 0 Å². The predicted molar refractivity (Wildman–Crippen MR) is 66.4 cm³/mol. The van der Waals surface area contributed by atoms with E-state index in [2.05, 4.69) is 5.32 Å². The highest BCUT2D eigenvalue weighted by Crippen LogP contribution is 2.25. The molecule has 1 unspecified atom stereocenters. The van der Waals surface area contributed by atoms with Crippen molar-refractivity contribution in [2.75, 3.05) is 20.3 Å². The highest BCUT2D eigenvalue weighted by molar-refractivity contribution is 7.80. The maximum atomic E-state index is 11.8. The molecule has 0 aliphatic carbocycles. The Kier molecular flexibility index (Phi) is 4.33. The van der Waals surface area contributed by atoms with Gasteiger partial charge in [0.05, 0.1) is 13.2 Å². The van der Waals surface area contributed by atoms with E-state index in [9.17, 15) is 15.0 Å². The normalized spacial score (nSPS) is 39.6. The zero-order valence-corrected chi connectivity index (χ0v) is 11.0. The van der Waals surface area contributed by atoms with E-state index in [-0.39, 0.29) is 11.5 Å². The van der Waals surface area contributed by atoms with Crippen LogP contribution in [0.5, 0.6) is 0 Å². The minimum Gasteiger partial charge on any atom is -0.394 e. The second-order valence-electron chi connectivity index (χ2n) is 4.40. The summed E-state index contributed by atoms with van der Waals surface area (Å²) < 4.78 is 10.4. The lowest BCUT2D eigenvalue weighted by Gasteiger charge is -2.37. The van der Waals surface area contributed by atoms with E-state index in [0.717, 1.165) is 0 Å². The van der Waals surface area contributed by atoms with Crippen molar-refractivity contribution < 1.29 is 29.6 Å². The number of urea groups is 1. The summed E-state index contributed by atoms with van der Waals surface area (Å²) in [6.07, 6.45) is -5.03. The molecule has 2 rings (SSSR count). The minimum absolute atomic E-state index is 0.105. The van der Waals surface area contributed by atoms with Gasteiger partial charge in [-0.1, -0.05) is 12.2 Å². The molecule has 0 spiro atoms. The van der Waals surface area contributed by atoms with Gasteiger partial charge in [0.15, 0.2) is 6.23 Å². The van der Waals surface area contributed by atoms with Crippen LogP contribution in [0.4, 0.5) is 4.79 Å². The lowest BCUT2D eigenvalue weighted by Crippen LogP contribution is -2.61. The van der Waals surface area contributed by atoms with Crippen molar-refractivity contribution in [2.24, 2.45) is 0 Å². The molecule has 0 radical (unpaired) electrons. The Morgan fingerprint density at radius 3 is 2.74 bits per heavy atom. The van der Waals surface area contributed by atoms with Crippen LogP contribution < -0.4 is 5.32 Å². The van der Waals surface area contributed by atoms with Crippen LogP contribution in [-0.4, -0.2) is 82.1 Å². The van der Waals surface area contributed by atoms with Crippen LogP contribution in [0.3, 0.4) is 0 Å². The number of carbonyl (C=O) groups is 1. The third-order valence-electron chi connectivity index (χ3n) is 3.25. The number of nitrogens with zero attached hydrogens (tertiary/aromatic N) is 1. The number of aliphatic hydroxyl groups excluding tert-OH is 3. The Bertz CT molecular complexity index is 381. The topological polar surface area (TPSA) is 111 Å². The van der Waals surface area contributed by atoms with Gasteiger partial charge in [-0.15, -0.1) is 0 Å². The van der Waals surface area contributed by atoms with Gasteiger partial charge in [-0.3, -0.25) is 10.2 Å². The second kappa shape index (κ2) is 5.65. The van der Waals surface area contributed by atoms with Gasteiger partial charge in [0.25, 0.3) is 0 Å². The fourth-order valence-corrected chi connectivity index (χ4v) is 2.40. The molecule has 4 N–H and O–H groups in total. The van der Waals surface area contributed by atoms with E-state index in [1.807, 2.05) is 0 Å². The zero-order valence-electron chi connectivity index (χ0n) is 10.2. The van der Waals surface area contributed by atoms with Crippen molar-refractivity contribution in [3.8, 4) is 0 Å². The predicted octanol–water partition coefficient (Wildman–Crippen LogP) is -2.21. The third-order valence-corrected chi connectivity index (χ3v) is 3.62.